The molecule has 0 radical (unpaired) electrons. The van der Waals surface area contributed by atoms with Gasteiger partial charge < -0.3 is 30.4 Å². The number of ether oxygens (including phenoxy) is 2. The van der Waals surface area contributed by atoms with Crippen molar-refractivity contribution in [3.63, 3.8) is 0 Å². The minimum Gasteiger partial charge on any atom is -0.462 e. The summed E-state index contributed by atoms with van der Waals surface area (Å²) in [5.41, 5.74) is 5.53. The van der Waals surface area contributed by atoms with Crippen LogP contribution in [0.15, 0.2) is 12.3 Å². The number of carbonyl (C=O) groups is 2. The summed E-state index contributed by atoms with van der Waals surface area (Å²) in [6.45, 7) is 2.06. The summed E-state index contributed by atoms with van der Waals surface area (Å²) in [5.74, 6) is 4.85. The van der Waals surface area contributed by atoms with Crippen LogP contribution in [0.1, 0.15) is 45.3 Å². The first-order valence-electron chi connectivity index (χ1n) is 11.6. The van der Waals surface area contributed by atoms with Crippen LogP contribution in [0.3, 0.4) is 0 Å². The van der Waals surface area contributed by atoms with Gasteiger partial charge in [0.1, 0.15) is 24.3 Å². The lowest BCUT2D eigenvalue weighted by atomic mass is 10.0. The number of nitrogens with zero attached hydrogens (tertiary/aromatic N) is 3. The lowest BCUT2D eigenvalue weighted by Gasteiger charge is -2.24. The molecule has 0 spiro atoms. The van der Waals surface area contributed by atoms with Crippen LogP contribution >= 0.6 is 23.4 Å². The third-order valence-corrected chi connectivity index (χ3v) is 7.58. The van der Waals surface area contributed by atoms with Gasteiger partial charge in [-0.15, -0.1) is 6.42 Å². The molecule has 2 aromatic rings. The smallest absolute Gasteiger partial charge is 0.315 e. The zero-order valence-electron chi connectivity index (χ0n) is 19.5. The van der Waals surface area contributed by atoms with Gasteiger partial charge in [-0.2, -0.15) is 16.7 Å². The third-order valence-electron chi connectivity index (χ3n) is 6.22. The van der Waals surface area contributed by atoms with E-state index in [9.17, 15) is 9.59 Å². The molecule has 4 atom stereocenters. The average Bonchev–Trinajstić information content (AvgIpc) is 3.60. The molecular formula is C23H29ClN6O4S. The molecule has 0 aliphatic carbocycles. The maximum Gasteiger partial charge on any atom is 0.315 e. The van der Waals surface area contributed by atoms with Crippen molar-refractivity contribution in [2.75, 3.05) is 23.8 Å². The van der Waals surface area contributed by atoms with E-state index in [1.165, 1.54) is 0 Å². The molecule has 2 amide bonds. The molecule has 4 N–H and O–H groups in total. The molecule has 3 fully saturated rings. The lowest BCUT2D eigenvalue weighted by molar-refractivity contribution is -0.152. The Labute approximate surface area is 213 Å². The van der Waals surface area contributed by atoms with E-state index >= 15 is 0 Å². The van der Waals surface area contributed by atoms with Crippen molar-refractivity contribution in [1.29, 1.82) is 0 Å². The first-order valence-corrected chi connectivity index (χ1v) is 13.1. The molecule has 12 heteroatoms. The quantitative estimate of drug-likeness (QED) is 0.229. The van der Waals surface area contributed by atoms with Crippen LogP contribution in [-0.4, -0.2) is 62.3 Å². The molecule has 0 saturated carbocycles. The minimum absolute atomic E-state index is 0.00491. The van der Waals surface area contributed by atoms with E-state index in [-0.39, 0.29) is 30.1 Å². The van der Waals surface area contributed by atoms with Crippen molar-refractivity contribution in [3.8, 4) is 12.3 Å². The second-order valence-electron chi connectivity index (χ2n) is 8.72. The Morgan fingerprint density at radius 2 is 2.17 bits per heavy atom. The van der Waals surface area contributed by atoms with Gasteiger partial charge >= 0.3 is 12.0 Å². The van der Waals surface area contributed by atoms with Crippen molar-refractivity contribution in [2.45, 2.75) is 62.9 Å². The predicted octanol–water partition coefficient (Wildman–Crippen LogP) is 2.86. The van der Waals surface area contributed by atoms with Gasteiger partial charge in [-0.3, -0.25) is 4.79 Å². The van der Waals surface area contributed by atoms with E-state index in [4.69, 9.17) is 33.2 Å². The fourth-order valence-corrected chi connectivity index (χ4v) is 5.70. The van der Waals surface area contributed by atoms with Crippen molar-refractivity contribution < 1.29 is 19.1 Å². The summed E-state index contributed by atoms with van der Waals surface area (Å²) in [6.07, 6.45) is 10.5. The molecule has 5 heterocycles. The number of nitrogen functional groups attached to an aromatic ring is 1. The Bertz CT molecular complexity index is 1120. The molecule has 3 aliphatic heterocycles. The summed E-state index contributed by atoms with van der Waals surface area (Å²) in [7, 11) is 0. The molecule has 188 valence electrons. The van der Waals surface area contributed by atoms with Gasteiger partial charge in [0, 0.05) is 24.1 Å². The van der Waals surface area contributed by atoms with Crippen LogP contribution in [0.2, 0.25) is 5.28 Å². The molecule has 5 rings (SSSR count). The number of hydrogen-bond acceptors (Lipinski definition) is 8. The summed E-state index contributed by atoms with van der Waals surface area (Å²) < 4.78 is 13.3. The number of terminal acetylenes is 1. The number of fused-ring (bicyclic) bond motifs is 2. The van der Waals surface area contributed by atoms with Crippen molar-refractivity contribution >= 4 is 52.2 Å². The number of unbranched alkanes of at least 4 members (excludes halogenated alkanes) is 1. The minimum atomic E-state index is -0.939. The highest BCUT2D eigenvalue weighted by atomic mass is 35.5. The number of rotatable bonds is 6. The first-order chi connectivity index (χ1) is 16.8. The second kappa shape index (κ2) is 10.9. The standard InChI is InChI=1S/C18H21ClN4O3.C5H8N2OS/c1-3-5-6-14(24)25-11-18(4-2)9-7-13(26-18)23-10-8-12-15(20)21-17(19)22-16(12)23;8-5-6-3-1-9-2-4(3)7-5/h2,8,10,13H,3,5-7,9,11H2,1H3,(H2,20,21,22);3-4H,1-2H2,(H2,6,7,8)/t13-,18+;3-,4+/m1./s1. The fraction of sp³-hybridized carbons (Fsp3) is 0.565. The SMILES string of the molecule is C#C[C@@]1(COC(=O)CCCC)CC[C@H](n2ccc3c(N)nc(Cl)nc32)O1.O=C1N[C@H]2CSC[C@H]2N1. The Morgan fingerprint density at radius 1 is 1.43 bits per heavy atom. The Hall–Kier alpha value is -2.68. The zero-order chi connectivity index (χ0) is 25.0. The van der Waals surface area contributed by atoms with Crippen molar-refractivity contribution in [2.24, 2.45) is 0 Å². The molecule has 3 saturated heterocycles. The van der Waals surface area contributed by atoms with Gasteiger partial charge in [0.05, 0.1) is 17.5 Å². The maximum atomic E-state index is 11.8. The zero-order valence-corrected chi connectivity index (χ0v) is 21.0. The highest BCUT2D eigenvalue weighted by Gasteiger charge is 2.41. The summed E-state index contributed by atoms with van der Waals surface area (Å²) in [4.78, 5) is 30.6. The molecule has 35 heavy (non-hydrogen) atoms. The van der Waals surface area contributed by atoms with E-state index in [1.54, 1.807) is 0 Å². The van der Waals surface area contributed by atoms with Gasteiger partial charge in [0.15, 0.2) is 5.60 Å². The molecule has 3 aliphatic rings. The first kappa shape index (κ1) is 25.4. The average molecular weight is 521 g/mol. The third kappa shape index (κ3) is 5.77. The maximum absolute atomic E-state index is 11.8. The van der Waals surface area contributed by atoms with Crippen molar-refractivity contribution in [3.05, 3.63) is 17.5 Å². The Kier molecular flexibility index (Phi) is 7.94. The van der Waals surface area contributed by atoms with Crippen LogP contribution in [0, 0.1) is 12.3 Å². The Balaban J connectivity index is 0.000000266. The van der Waals surface area contributed by atoms with Gasteiger partial charge in [-0.05, 0) is 36.9 Å². The van der Waals surface area contributed by atoms with Crippen LogP contribution in [0.4, 0.5) is 10.6 Å². The van der Waals surface area contributed by atoms with Crippen LogP contribution in [0.5, 0.6) is 0 Å². The topological polar surface area (TPSA) is 133 Å². The van der Waals surface area contributed by atoms with E-state index in [0.29, 0.717) is 48.2 Å². The van der Waals surface area contributed by atoms with Crippen molar-refractivity contribution in [1.82, 2.24) is 25.2 Å². The number of anilines is 1. The summed E-state index contributed by atoms with van der Waals surface area (Å²) in [6, 6.07) is 2.63. The highest BCUT2D eigenvalue weighted by molar-refractivity contribution is 7.99. The van der Waals surface area contributed by atoms with Crippen LogP contribution in [0.25, 0.3) is 11.0 Å². The van der Waals surface area contributed by atoms with Crippen LogP contribution < -0.4 is 16.4 Å². The number of carbonyl (C=O) groups excluding carboxylic acids is 2. The van der Waals surface area contributed by atoms with Gasteiger partial charge in [-0.25, -0.2) is 9.78 Å². The predicted molar refractivity (Wildman–Crippen MR) is 135 cm³/mol. The van der Waals surface area contributed by atoms with E-state index in [0.717, 1.165) is 24.3 Å². The number of hydrogen-bond donors (Lipinski definition) is 3. The van der Waals surface area contributed by atoms with Crippen LogP contribution in [-0.2, 0) is 14.3 Å². The molecule has 0 bridgehead atoms. The monoisotopic (exact) mass is 520 g/mol. The number of amides is 2. The van der Waals surface area contributed by atoms with Gasteiger partial charge in [0.25, 0.3) is 0 Å². The largest absolute Gasteiger partial charge is 0.462 e. The normalized spacial score (nSPS) is 26.9. The molecule has 0 unspecified atom stereocenters. The highest BCUT2D eigenvalue weighted by Crippen LogP contribution is 2.38. The van der Waals surface area contributed by atoms with Gasteiger partial charge in [-0.1, -0.05) is 19.3 Å². The summed E-state index contributed by atoms with van der Waals surface area (Å²) >= 11 is 7.81. The van der Waals surface area contributed by atoms with E-state index in [2.05, 4.69) is 26.5 Å². The molecular weight excluding hydrogens is 492 g/mol. The lowest BCUT2D eigenvalue weighted by Crippen LogP contribution is -2.34. The fourth-order valence-electron chi connectivity index (χ4n) is 4.25. The van der Waals surface area contributed by atoms with E-state index < -0.39 is 5.60 Å². The number of esters is 1. The number of urea groups is 1. The number of nitrogens with two attached hydrogens (primary N) is 1. The Morgan fingerprint density at radius 3 is 2.86 bits per heavy atom. The molecule has 0 aromatic carbocycles. The van der Waals surface area contributed by atoms with Gasteiger partial charge in [0.2, 0.25) is 5.28 Å². The number of nitrogens with one attached hydrogen (secondary N) is 2. The second-order valence-corrected chi connectivity index (χ2v) is 10.1. The number of halogens is 1. The number of thioether (sulfide) groups is 1. The molecule has 2 aromatic heterocycles. The van der Waals surface area contributed by atoms with E-state index in [1.807, 2.05) is 35.5 Å². The number of aromatic nitrogens is 3. The summed E-state index contributed by atoms with van der Waals surface area (Å²) in [5, 5.41) is 6.46. The molecule has 10 nitrogen and oxygen atoms in total.